The molecule has 0 bridgehead atoms. The summed E-state index contributed by atoms with van der Waals surface area (Å²) in [6, 6.07) is 38.2. The molecule has 2 heterocycles. The van der Waals surface area contributed by atoms with Crippen LogP contribution in [0.15, 0.2) is 137 Å². The first-order valence-electron chi connectivity index (χ1n) is 14.0. The van der Waals surface area contributed by atoms with E-state index in [0.29, 0.717) is 22.4 Å². The molecule has 0 fully saturated rings. The number of carbonyl (C=O) groups is 2. The minimum Gasteiger partial charge on any atom is -0.466 e. The Labute approximate surface area is 258 Å². The number of ether oxygens (including phenoxy) is 1. The molecule has 0 saturated heterocycles. The zero-order valence-corrected chi connectivity index (χ0v) is 25.2. The number of fused-ring (bicyclic) bond motifs is 2. The van der Waals surface area contributed by atoms with Crippen LogP contribution in [0.25, 0.3) is 33.9 Å². The number of ketones is 1. The van der Waals surface area contributed by atoms with Crippen LogP contribution in [-0.4, -0.2) is 23.4 Å². The van der Waals surface area contributed by atoms with Crippen molar-refractivity contribution in [2.45, 2.75) is 12.8 Å². The minimum atomic E-state index is -0.669. The lowest BCUT2D eigenvalue weighted by atomic mass is 9.79. The number of aromatic nitrogens is 1. The Bertz CT molecular complexity index is 1970. The van der Waals surface area contributed by atoms with Crippen molar-refractivity contribution in [3.05, 3.63) is 153 Å². The predicted molar refractivity (Wildman–Crippen MR) is 173 cm³/mol. The topological polar surface area (TPSA) is 60.3 Å². The van der Waals surface area contributed by atoms with Gasteiger partial charge in [-0.15, -0.1) is 0 Å². The minimum absolute atomic E-state index is 0.0892. The van der Waals surface area contributed by atoms with Gasteiger partial charge in [0.1, 0.15) is 0 Å². The van der Waals surface area contributed by atoms with E-state index in [1.165, 1.54) is 7.11 Å². The van der Waals surface area contributed by atoms with Crippen LogP contribution in [0.3, 0.4) is 0 Å². The molecular weight excluding hydrogens is 600 g/mol. The fourth-order valence-corrected chi connectivity index (χ4v) is 6.61. The molecule has 43 heavy (non-hydrogen) atoms. The van der Waals surface area contributed by atoms with Gasteiger partial charge in [0, 0.05) is 32.6 Å². The van der Waals surface area contributed by atoms with Crippen LogP contribution in [0.4, 0.5) is 0 Å². The third kappa shape index (κ3) is 4.37. The van der Waals surface area contributed by atoms with Gasteiger partial charge >= 0.3 is 5.97 Å². The number of Topliss-reactive ketones (excluding diaryl/α,β-unsaturated/α-hetero) is 1. The second kappa shape index (κ2) is 10.7. The van der Waals surface area contributed by atoms with Crippen molar-refractivity contribution in [2.75, 3.05) is 7.11 Å². The van der Waals surface area contributed by atoms with Crippen molar-refractivity contribution >= 4 is 33.4 Å². The third-order valence-corrected chi connectivity index (χ3v) is 8.73. The van der Waals surface area contributed by atoms with E-state index >= 15 is 0 Å². The van der Waals surface area contributed by atoms with Crippen LogP contribution in [0, 0.1) is 0 Å². The number of benzene rings is 4. The van der Waals surface area contributed by atoms with E-state index in [1.54, 1.807) is 0 Å². The fraction of sp³-hybridized carbons (Fsp3) is 0.0811. The quantitative estimate of drug-likeness (QED) is 0.199. The van der Waals surface area contributed by atoms with Gasteiger partial charge in [0.2, 0.25) is 0 Å². The number of carbonyl (C=O) groups excluding carboxylic acids is 2. The van der Waals surface area contributed by atoms with E-state index in [2.05, 4.69) is 68.3 Å². The highest BCUT2D eigenvalue weighted by atomic mass is 79.9. The molecule has 0 spiro atoms. The molecule has 1 aliphatic heterocycles. The first kappa shape index (κ1) is 26.9. The largest absolute Gasteiger partial charge is 0.466 e. The average molecular weight is 628 g/mol. The molecule has 0 unspecified atom stereocenters. The van der Waals surface area contributed by atoms with Crippen molar-refractivity contribution in [3.63, 3.8) is 0 Å². The van der Waals surface area contributed by atoms with Crippen molar-refractivity contribution in [1.82, 2.24) is 9.88 Å². The molecule has 0 amide bonds. The number of nitrogens with zero attached hydrogens (tertiary/aromatic N) is 1. The maximum Gasteiger partial charge on any atom is 0.336 e. The summed E-state index contributed by atoms with van der Waals surface area (Å²) in [6.45, 7) is 1.88. The Morgan fingerprint density at radius 3 is 2.07 bits per heavy atom. The average Bonchev–Trinajstić information content (AvgIpc) is 3.57. The molecule has 7 rings (SSSR count). The van der Waals surface area contributed by atoms with Gasteiger partial charge in [0.25, 0.3) is 0 Å². The summed E-state index contributed by atoms with van der Waals surface area (Å²) < 4.78 is 8.56. The number of hydrogen-bond donors (Lipinski definition) is 1. The van der Waals surface area contributed by atoms with Crippen LogP contribution in [-0.2, 0) is 9.53 Å². The van der Waals surface area contributed by atoms with Gasteiger partial charge in [-0.05, 0) is 53.9 Å². The number of nitrogens with one attached hydrogen (secondary N) is 1. The highest BCUT2D eigenvalue weighted by Crippen LogP contribution is 2.51. The monoisotopic (exact) mass is 626 g/mol. The standard InChI is InChI=1S/C37H27BrN2O3/c1-22-31(37(42)43-2)32(33-34(39-22)27-15-9-10-16-28(27)36(33)41)29-21-30(23-11-5-3-6-12-23)40(26-19-17-25(38)18-20-26)35(29)24-13-7-4-8-14-24/h3-21,32,39H,1-2H3/t32-/m0/s1. The molecule has 1 aromatic heterocycles. The second-order valence-corrected chi connectivity index (χ2v) is 11.5. The lowest BCUT2D eigenvalue weighted by Gasteiger charge is -2.29. The lowest BCUT2D eigenvalue weighted by Crippen LogP contribution is -2.29. The first-order valence-corrected chi connectivity index (χ1v) is 14.8. The Morgan fingerprint density at radius 2 is 1.42 bits per heavy atom. The van der Waals surface area contributed by atoms with E-state index in [9.17, 15) is 9.59 Å². The number of esters is 1. The van der Waals surface area contributed by atoms with E-state index in [4.69, 9.17) is 4.74 Å². The van der Waals surface area contributed by atoms with Crippen molar-refractivity contribution in [1.29, 1.82) is 0 Å². The number of hydrogen-bond acceptors (Lipinski definition) is 4. The summed E-state index contributed by atoms with van der Waals surface area (Å²) in [6.07, 6.45) is 0. The number of dihydropyridines is 1. The molecule has 1 N–H and O–H groups in total. The zero-order chi connectivity index (χ0) is 29.7. The van der Waals surface area contributed by atoms with Gasteiger partial charge in [-0.25, -0.2) is 4.79 Å². The maximum atomic E-state index is 14.2. The van der Waals surface area contributed by atoms with Crippen LogP contribution in [0.1, 0.15) is 34.3 Å². The molecular formula is C37H27BrN2O3. The maximum absolute atomic E-state index is 14.2. The molecule has 6 heteroatoms. The molecule has 210 valence electrons. The second-order valence-electron chi connectivity index (χ2n) is 10.6. The zero-order valence-electron chi connectivity index (χ0n) is 23.6. The van der Waals surface area contributed by atoms with Crippen LogP contribution in [0.2, 0.25) is 0 Å². The number of halogens is 1. The molecule has 5 nitrogen and oxygen atoms in total. The van der Waals surface area contributed by atoms with Gasteiger partial charge < -0.3 is 14.6 Å². The van der Waals surface area contributed by atoms with Gasteiger partial charge in [-0.1, -0.05) is 101 Å². The smallest absolute Gasteiger partial charge is 0.336 e. The molecule has 0 saturated carbocycles. The molecule has 4 aromatic carbocycles. The van der Waals surface area contributed by atoms with Gasteiger partial charge in [-0.2, -0.15) is 0 Å². The Balaban J connectivity index is 1.60. The summed E-state index contributed by atoms with van der Waals surface area (Å²) >= 11 is 3.59. The molecule has 2 aliphatic rings. The van der Waals surface area contributed by atoms with E-state index < -0.39 is 11.9 Å². The highest BCUT2D eigenvalue weighted by molar-refractivity contribution is 9.10. The highest BCUT2D eigenvalue weighted by Gasteiger charge is 2.44. The fourth-order valence-electron chi connectivity index (χ4n) is 6.34. The van der Waals surface area contributed by atoms with Gasteiger partial charge in [0.05, 0.1) is 35.7 Å². The molecule has 0 radical (unpaired) electrons. The number of allylic oxidation sites excluding steroid dienone is 2. The van der Waals surface area contributed by atoms with E-state index in [0.717, 1.165) is 49.5 Å². The third-order valence-electron chi connectivity index (χ3n) is 8.20. The first-order chi connectivity index (χ1) is 21.0. The van der Waals surface area contributed by atoms with Gasteiger partial charge in [0.15, 0.2) is 5.78 Å². The SMILES string of the molecule is COC(=O)C1=C(C)NC2=C(C(=O)c3ccccc32)[C@H]1c1cc(-c2ccccc2)n(-c2ccc(Br)cc2)c1-c1ccccc1. The van der Waals surface area contributed by atoms with Crippen molar-refractivity contribution in [2.24, 2.45) is 0 Å². The molecule has 1 aliphatic carbocycles. The summed E-state index contributed by atoms with van der Waals surface area (Å²) in [4.78, 5) is 27.8. The van der Waals surface area contributed by atoms with Crippen LogP contribution >= 0.6 is 15.9 Å². The Hall–Kier alpha value is -4.94. The van der Waals surface area contributed by atoms with E-state index in [-0.39, 0.29) is 5.78 Å². The summed E-state index contributed by atoms with van der Waals surface area (Å²) in [7, 11) is 1.38. The normalized spacial score (nSPS) is 15.7. The van der Waals surface area contributed by atoms with Crippen molar-refractivity contribution in [3.8, 4) is 28.2 Å². The molecule has 1 atom stereocenters. The Morgan fingerprint density at radius 1 is 0.814 bits per heavy atom. The molecule has 5 aromatic rings. The van der Waals surface area contributed by atoms with Crippen molar-refractivity contribution < 1.29 is 14.3 Å². The Kier molecular flexibility index (Phi) is 6.71. The number of methoxy groups -OCH3 is 1. The summed E-state index contributed by atoms with van der Waals surface area (Å²) in [5.74, 6) is -1.23. The van der Waals surface area contributed by atoms with E-state index in [1.807, 2.05) is 79.7 Å². The number of rotatable bonds is 5. The predicted octanol–water partition coefficient (Wildman–Crippen LogP) is 8.32. The summed E-state index contributed by atoms with van der Waals surface area (Å²) in [5, 5.41) is 3.41. The summed E-state index contributed by atoms with van der Waals surface area (Å²) in [5.41, 5.74) is 9.48. The van der Waals surface area contributed by atoms with Crippen LogP contribution in [0.5, 0.6) is 0 Å². The lowest BCUT2D eigenvalue weighted by molar-refractivity contribution is -0.136. The van der Waals surface area contributed by atoms with Gasteiger partial charge in [-0.3, -0.25) is 4.79 Å². The van der Waals surface area contributed by atoms with Crippen LogP contribution < -0.4 is 5.32 Å².